The molecule has 0 aliphatic carbocycles. The summed E-state index contributed by atoms with van der Waals surface area (Å²) < 4.78 is 15.1. The third-order valence-corrected chi connectivity index (χ3v) is 3.56. The first-order chi connectivity index (χ1) is 9.57. The molecule has 0 fully saturated rings. The first-order valence-corrected chi connectivity index (χ1v) is 7.40. The average Bonchev–Trinajstić information content (AvgIpc) is 2.75. The standard InChI is InChI=1S/C18H25FN2/c1-17(2,3)15-11-16(18(4,5)6)21(20-15)12-13-7-9-14(19)10-8-13/h7-11H,12H2,1-6H3. The zero-order chi connectivity index (χ0) is 15.8. The Kier molecular flexibility index (Phi) is 3.96. The van der Waals surface area contributed by atoms with E-state index in [0.717, 1.165) is 11.3 Å². The molecule has 0 aliphatic rings. The van der Waals surface area contributed by atoms with Crippen molar-refractivity contribution in [3.63, 3.8) is 0 Å². The maximum absolute atomic E-state index is 13.0. The lowest BCUT2D eigenvalue weighted by molar-refractivity contribution is 0.496. The van der Waals surface area contributed by atoms with Crippen LogP contribution in [0.2, 0.25) is 0 Å². The summed E-state index contributed by atoms with van der Waals surface area (Å²) in [5.41, 5.74) is 3.40. The van der Waals surface area contributed by atoms with Crippen LogP contribution in [0, 0.1) is 5.82 Å². The molecule has 21 heavy (non-hydrogen) atoms. The predicted octanol–water partition coefficient (Wildman–Crippen LogP) is 4.67. The zero-order valence-electron chi connectivity index (χ0n) is 13.9. The molecule has 2 rings (SSSR count). The van der Waals surface area contributed by atoms with Crippen molar-refractivity contribution in [2.75, 3.05) is 0 Å². The van der Waals surface area contributed by atoms with Crippen LogP contribution in [0.1, 0.15) is 58.5 Å². The number of nitrogens with zero attached hydrogens (tertiary/aromatic N) is 2. The minimum Gasteiger partial charge on any atom is -0.264 e. The van der Waals surface area contributed by atoms with Crippen LogP contribution < -0.4 is 0 Å². The lowest BCUT2D eigenvalue weighted by Crippen LogP contribution is -2.19. The highest BCUT2D eigenvalue weighted by atomic mass is 19.1. The molecule has 0 N–H and O–H groups in total. The van der Waals surface area contributed by atoms with Crippen molar-refractivity contribution in [2.24, 2.45) is 0 Å². The highest BCUT2D eigenvalue weighted by Crippen LogP contribution is 2.29. The second-order valence-electron chi connectivity index (χ2n) is 7.70. The van der Waals surface area contributed by atoms with Crippen LogP contribution in [0.15, 0.2) is 30.3 Å². The SMILES string of the molecule is CC(C)(C)c1cc(C(C)(C)C)n(Cc2ccc(F)cc2)n1. The lowest BCUT2D eigenvalue weighted by Gasteiger charge is -2.20. The Labute approximate surface area is 127 Å². The fraction of sp³-hybridized carbons (Fsp3) is 0.500. The van der Waals surface area contributed by atoms with Crippen molar-refractivity contribution in [3.05, 3.63) is 53.1 Å². The number of benzene rings is 1. The molecule has 0 bridgehead atoms. The predicted molar refractivity (Wildman–Crippen MR) is 85.1 cm³/mol. The topological polar surface area (TPSA) is 17.8 Å². The molecule has 1 aromatic carbocycles. The van der Waals surface area contributed by atoms with Gasteiger partial charge in [0.1, 0.15) is 5.82 Å². The van der Waals surface area contributed by atoms with Crippen LogP contribution in [0.25, 0.3) is 0 Å². The fourth-order valence-electron chi connectivity index (χ4n) is 2.27. The third-order valence-electron chi connectivity index (χ3n) is 3.56. The number of hydrogen-bond acceptors (Lipinski definition) is 1. The van der Waals surface area contributed by atoms with Crippen LogP contribution in [-0.2, 0) is 17.4 Å². The summed E-state index contributed by atoms with van der Waals surface area (Å²) >= 11 is 0. The second-order valence-corrected chi connectivity index (χ2v) is 7.70. The number of aromatic nitrogens is 2. The normalized spacial score (nSPS) is 12.7. The number of rotatable bonds is 2. The third kappa shape index (κ3) is 3.72. The van der Waals surface area contributed by atoms with Gasteiger partial charge in [-0.2, -0.15) is 5.10 Å². The molecule has 0 saturated heterocycles. The van der Waals surface area contributed by atoms with Gasteiger partial charge in [-0.1, -0.05) is 53.7 Å². The van der Waals surface area contributed by atoms with E-state index in [2.05, 4.69) is 47.6 Å². The highest BCUT2D eigenvalue weighted by molar-refractivity contribution is 5.25. The Hall–Kier alpha value is -1.64. The molecule has 114 valence electrons. The van der Waals surface area contributed by atoms with Crippen molar-refractivity contribution >= 4 is 0 Å². The molecular formula is C18H25FN2. The van der Waals surface area contributed by atoms with Gasteiger partial charge in [0, 0.05) is 16.5 Å². The molecular weight excluding hydrogens is 263 g/mol. The molecule has 0 amide bonds. The highest BCUT2D eigenvalue weighted by Gasteiger charge is 2.25. The molecule has 0 aliphatic heterocycles. The quantitative estimate of drug-likeness (QED) is 0.785. The molecule has 2 aromatic rings. The maximum Gasteiger partial charge on any atom is 0.123 e. The molecule has 0 radical (unpaired) electrons. The molecule has 0 atom stereocenters. The Morgan fingerprint density at radius 1 is 0.952 bits per heavy atom. The Balaban J connectivity index is 2.41. The van der Waals surface area contributed by atoms with Gasteiger partial charge in [-0.25, -0.2) is 4.39 Å². The summed E-state index contributed by atoms with van der Waals surface area (Å²) in [7, 11) is 0. The summed E-state index contributed by atoms with van der Waals surface area (Å²) in [6.07, 6.45) is 0. The van der Waals surface area contributed by atoms with Crippen molar-refractivity contribution < 1.29 is 4.39 Å². The van der Waals surface area contributed by atoms with E-state index < -0.39 is 0 Å². The monoisotopic (exact) mass is 288 g/mol. The van der Waals surface area contributed by atoms with Gasteiger partial charge >= 0.3 is 0 Å². The smallest absolute Gasteiger partial charge is 0.123 e. The van der Waals surface area contributed by atoms with Crippen LogP contribution >= 0.6 is 0 Å². The summed E-state index contributed by atoms with van der Waals surface area (Å²) in [5, 5.41) is 4.79. The van der Waals surface area contributed by atoms with Gasteiger partial charge < -0.3 is 0 Å². The van der Waals surface area contributed by atoms with E-state index in [-0.39, 0.29) is 16.6 Å². The van der Waals surface area contributed by atoms with Crippen molar-refractivity contribution in [1.82, 2.24) is 9.78 Å². The minimum atomic E-state index is -0.203. The Morgan fingerprint density at radius 3 is 2.00 bits per heavy atom. The van der Waals surface area contributed by atoms with Gasteiger partial charge in [-0.15, -0.1) is 0 Å². The summed E-state index contributed by atoms with van der Waals surface area (Å²) in [6, 6.07) is 8.84. The van der Waals surface area contributed by atoms with Crippen LogP contribution in [0.3, 0.4) is 0 Å². The van der Waals surface area contributed by atoms with E-state index in [4.69, 9.17) is 5.10 Å². The first-order valence-electron chi connectivity index (χ1n) is 7.40. The van der Waals surface area contributed by atoms with Crippen LogP contribution in [-0.4, -0.2) is 9.78 Å². The molecule has 1 aromatic heterocycles. The van der Waals surface area contributed by atoms with Gasteiger partial charge in [-0.3, -0.25) is 4.68 Å². The van der Waals surface area contributed by atoms with Gasteiger partial charge in [0.05, 0.1) is 12.2 Å². The molecule has 2 nitrogen and oxygen atoms in total. The van der Waals surface area contributed by atoms with Gasteiger partial charge in [-0.05, 0) is 23.8 Å². The summed E-state index contributed by atoms with van der Waals surface area (Å²) in [4.78, 5) is 0. The molecule has 0 saturated carbocycles. The lowest BCUT2D eigenvalue weighted by atomic mass is 9.88. The first kappa shape index (κ1) is 15.7. The van der Waals surface area contributed by atoms with E-state index in [1.807, 2.05) is 16.8 Å². The fourth-order valence-corrected chi connectivity index (χ4v) is 2.27. The maximum atomic E-state index is 13.0. The van der Waals surface area contributed by atoms with Crippen molar-refractivity contribution in [3.8, 4) is 0 Å². The van der Waals surface area contributed by atoms with Gasteiger partial charge in [0.15, 0.2) is 0 Å². The summed E-state index contributed by atoms with van der Waals surface area (Å²) in [6.45, 7) is 13.8. The summed E-state index contributed by atoms with van der Waals surface area (Å²) in [5.74, 6) is -0.203. The number of hydrogen-bond donors (Lipinski definition) is 0. The number of halogens is 1. The van der Waals surface area contributed by atoms with E-state index in [0.29, 0.717) is 6.54 Å². The van der Waals surface area contributed by atoms with E-state index in [1.165, 1.54) is 17.8 Å². The molecule has 0 unspecified atom stereocenters. The Bertz CT molecular complexity index is 610. The van der Waals surface area contributed by atoms with E-state index in [9.17, 15) is 4.39 Å². The van der Waals surface area contributed by atoms with Crippen molar-refractivity contribution in [2.45, 2.75) is 58.9 Å². The largest absolute Gasteiger partial charge is 0.264 e. The van der Waals surface area contributed by atoms with Gasteiger partial charge in [0.2, 0.25) is 0 Å². The van der Waals surface area contributed by atoms with E-state index >= 15 is 0 Å². The van der Waals surface area contributed by atoms with Crippen LogP contribution in [0.4, 0.5) is 4.39 Å². The van der Waals surface area contributed by atoms with Crippen LogP contribution in [0.5, 0.6) is 0 Å². The Morgan fingerprint density at radius 2 is 1.52 bits per heavy atom. The average molecular weight is 288 g/mol. The molecule has 3 heteroatoms. The minimum absolute atomic E-state index is 0.0219. The van der Waals surface area contributed by atoms with E-state index in [1.54, 1.807) is 0 Å². The second kappa shape index (κ2) is 5.28. The zero-order valence-corrected chi connectivity index (χ0v) is 13.9. The molecule has 0 spiro atoms. The molecule has 1 heterocycles. The van der Waals surface area contributed by atoms with Crippen molar-refractivity contribution in [1.29, 1.82) is 0 Å². The van der Waals surface area contributed by atoms with Gasteiger partial charge in [0.25, 0.3) is 0 Å².